The van der Waals surface area contributed by atoms with E-state index in [2.05, 4.69) is 21.7 Å². The molecule has 0 aliphatic carbocycles. The Labute approximate surface area is 193 Å². The number of hydrogen-bond acceptors (Lipinski definition) is 3. The monoisotopic (exact) mass is 443 g/mol. The van der Waals surface area contributed by atoms with E-state index >= 15 is 0 Å². The predicted molar refractivity (Wildman–Crippen MR) is 133 cm³/mol. The van der Waals surface area contributed by atoms with Crippen LogP contribution < -0.4 is 20.1 Å². The van der Waals surface area contributed by atoms with E-state index in [1.165, 1.54) is 0 Å². The largest absolute Gasteiger partial charge is 0.493 e. The van der Waals surface area contributed by atoms with Gasteiger partial charge in [-0.3, -0.25) is 0 Å². The summed E-state index contributed by atoms with van der Waals surface area (Å²) in [5.41, 5.74) is 6.09. The van der Waals surface area contributed by atoms with Gasteiger partial charge in [0.1, 0.15) is 0 Å². The molecular formula is C27H29N3O3. The number of anilines is 1. The van der Waals surface area contributed by atoms with Gasteiger partial charge in [0.2, 0.25) is 0 Å². The highest BCUT2D eigenvalue weighted by Crippen LogP contribution is 2.35. The van der Waals surface area contributed by atoms with Crippen molar-refractivity contribution in [2.45, 2.75) is 19.8 Å². The van der Waals surface area contributed by atoms with Crippen LogP contribution in [-0.4, -0.2) is 31.8 Å². The van der Waals surface area contributed by atoms with Crippen LogP contribution in [0, 0.1) is 13.8 Å². The van der Waals surface area contributed by atoms with Crippen LogP contribution in [0.1, 0.15) is 28.2 Å². The third-order valence-corrected chi connectivity index (χ3v) is 5.91. The van der Waals surface area contributed by atoms with Crippen LogP contribution in [0.5, 0.6) is 11.5 Å². The molecule has 0 bridgehead atoms. The first-order valence-electron chi connectivity index (χ1n) is 10.9. The van der Waals surface area contributed by atoms with E-state index in [1.807, 2.05) is 74.6 Å². The molecule has 4 rings (SSSR count). The van der Waals surface area contributed by atoms with Crippen LogP contribution in [0.2, 0.25) is 0 Å². The van der Waals surface area contributed by atoms with Crippen LogP contribution in [0.15, 0.2) is 66.9 Å². The molecule has 6 heteroatoms. The standard InChI is InChI=1S/C27H29N3O3/c1-17-9-10-18(2)24(13-17)30-27(31)29-15-21(19-11-12-25(32-3)26(14-19)33-4)22-16-28-23-8-6-5-7-20(22)23/h5-14,16,21,28H,15H2,1-4H3,(H2,29,30,31)/t21-/m0/s1. The molecule has 1 aromatic heterocycles. The zero-order valence-corrected chi connectivity index (χ0v) is 19.4. The van der Waals surface area contributed by atoms with Crippen molar-refractivity contribution in [3.8, 4) is 11.5 Å². The van der Waals surface area contributed by atoms with E-state index in [0.717, 1.165) is 38.8 Å². The van der Waals surface area contributed by atoms with E-state index in [1.54, 1.807) is 14.2 Å². The number of nitrogens with one attached hydrogen (secondary N) is 3. The lowest BCUT2D eigenvalue weighted by atomic mass is 9.90. The first-order chi connectivity index (χ1) is 16.0. The second kappa shape index (κ2) is 9.69. The molecule has 1 atom stereocenters. The molecule has 33 heavy (non-hydrogen) atoms. The van der Waals surface area contributed by atoms with E-state index in [-0.39, 0.29) is 11.9 Å². The van der Waals surface area contributed by atoms with Gasteiger partial charge in [-0.15, -0.1) is 0 Å². The Morgan fingerprint density at radius 3 is 2.55 bits per heavy atom. The Morgan fingerprint density at radius 1 is 0.970 bits per heavy atom. The van der Waals surface area contributed by atoms with Crippen molar-refractivity contribution in [1.82, 2.24) is 10.3 Å². The minimum atomic E-state index is -0.242. The number of aromatic amines is 1. The molecule has 3 N–H and O–H groups in total. The van der Waals surface area contributed by atoms with E-state index in [9.17, 15) is 4.79 Å². The minimum absolute atomic E-state index is 0.0923. The van der Waals surface area contributed by atoms with Crippen LogP contribution in [-0.2, 0) is 0 Å². The number of H-pyrrole nitrogens is 1. The quantitative estimate of drug-likeness (QED) is 0.340. The number of fused-ring (bicyclic) bond motifs is 1. The molecule has 0 fully saturated rings. The summed E-state index contributed by atoms with van der Waals surface area (Å²) in [6.45, 7) is 4.40. The summed E-state index contributed by atoms with van der Waals surface area (Å²) in [4.78, 5) is 16.1. The number of methoxy groups -OCH3 is 2. The summed E-state index contributed by atoms with van der Waals surface area (Å²) >= 11 is 0. The van der Waals surface area contributed by atoms with Gasteiger partial charge in [-0.2, -0.15) is 0 Å². The fourth-order valence-electron chi connectivity index (χ4n) is 4.09. The molecule has 0 unspecified atom stereocenters. The molecule has 1 heterocycles. The number of carbonyl (C=O) groups is 1. The van der Waals surface area contributed by atoms with Crippen molar-refractivity contribution in [2.75, 3.05) is 26.1 Å². The number of hydrogen-bond donors (Lipinski definition) is 3. The zero-order chi connectivity index (χ0) is 23.4. The molecule has 0 saturated carbocycles. The van der Waals surface area contributed by atoms with Crippen molar-refractivity contribution in [3.63, 3.8) is 0 Å². The highest BCUT2D eigenvalue weighted by atomic mass is 16.5. The van der Waals surface area contributed by atoms with Crippen LogP contribution in [0.25, 0.3) is 10.9 Å². The number of aryl methyl sites for hydroxylation is 2. The molecule has 0 saturated heterocycles. The van der Waals surface area contributed by atoms with Crippen LogP contribution in [0.3, 0.4) is 0 Å². The number of aromatic nitrogens is 1. The lowest BCUT2D eigenvalue weighted by molar-refractivity contribution is 0.252. The van der Waals surface area contributed by atoms with Gasteiger partial charge in [0.15, 0.2) is 11.5 Å². The molecule has 4 aromatic rings. The maximum absolute atomic E-state index is 12.8. The number of ether oxygens (including phenoxy) is 2. The van der Waals surface area contributed by atoms with E-state index < -0.39 is 0 Å². The summed E-state index contributed by atoms with van der Waals surface area (Å²) in [7, 11) is 3.24. The average molecular weight is 444 g/mol. The first-order valence-corrected chi connectivity index (χ1v) is 10.9. The Morgan fingerprint density at radius 2 is 1.76 bits per heavy atom. The van der Waals surface area contributed by atoms with Crippen molar-refractivity contribution < 1.29 is 14.3 Å². The SMILES string of the molecule is COc1ccc([C@H](CNC(=O)Nc2cc(C)ccc2C)c2c[nH]c3ccccc23)cc1OC. The third-order valence-electron chi connectivity index (χ3n) is 5.91. The summed E-state index contributed by atoms with van der Waals surface area (Å²) in [6, 6.07) is 19.8. The van der Waals surface area contributed by atoms with Gasteiger partial charge in [-0.05, 0) is 60.4 Å². The second-order valence-corrected chi connectivity index (χ2v) is 8.11. The number of rotatable bonds is 7. The fourth-order valence-corrected chi connectivity index (χ4v) is 4.09. The highest BCUT2D eigenvalue weighted by Gasteiger charge is 2.21. The van der Waals surface area contributed by atoms with Gasteiger partial charge in [0.25, 0.3) is 0 Å². The molecule has 6 nitrogen and oxygen atoms in total. The molecule has 3 aromatic carbocycles. The lowest BCUT2D eigenvalue weighted by Gasteiger charge is -2.20. The van der Waals surface area contributed by atoms with Crippen LogP contribution in [0.4, 0.5) is 10.5 Å². The van der Waals surface area contributed by atoms with Gasteiger partial charge in [0.05, 0.1) is 14.2 Å². The lowest BCUT2D eigenvalue weighted by Crippen LogP contribution is -2.33. The normalized spacial score (nSPS) is 11.8. The minimum Gasteiger partial charge on any atom is -0.493 e. The topological polar surface area (TPSA) is 75.4 Å². The van der Waals surface area contributed by atoms with Gasteiger partial charge >= 0.3 is 6.03 Å². The van der Waals surface area contributed by atoms with Crippen molar-refractivity contribution in [1.29, 1.82) is 0 Å². The second-order valence-electron chi connectivity index (χ2n) is 8.11. The van der Waals surface area contributed by atoms with Gasteiger partial charge < -0.3 is 25.1 Å². The van der Waals surface area contributed by atoms with Crippen molar-refractivity contribution in [2.24, 2.45) is 0 Å². The maximum atomic E-state index is 12.8. The van der Waals surface area contributed by atoms with Crippen LogP contribution >= 0.6 is 0 Å². The number of benzene rings is 3. The first kappa shape index (κ1) is 22.3. The number of para-hydroxylation sites is 1. The van der Waals surface area contributed by atoms with Crippen molar-refractivity contribution in [3.05, 3.63) is 89.1 Å². The van der Waals surface area contributed by atoms with E-state index in [4.69, 9.17) is 9.47 Å². The molecule has 2 amide bonds. The summed E-state index contributed by atoms with van der Waals surface area (Å²) in [6.07, 6.45) is 2.01. The van der Waals surface area contributed by atoms with Gasteiger partial charge in [0, 0.05) is 35.2 Å². The third kappa shape index (κ3) is 4.80. The molecule has 170 valence electrons. The van der Waals surface area contributed by atoms with Crippen molar-refractivity contribution >= 4 is 22.6 Å². The van der Waals surface area contributed by atoms with E-state index in [0.29, 0.717) is 18.0 Å². The average Bonchev–Trinajstić information content (AvgIpc) is 3.25. The Balaban J connectivity index is 1.63. The number of urea groups is 1. The molecular weight excluding hydrogens is 414 g/mol. The zero-order valence-electron chi connectivity index (χ0n) is 19.4. The summed E-state index contributed by atoms with van der Waals surface area (Å²) < 4.78 is 10.9. The molecule has 0 radical (unpaired) electrons. The number of amides is 2. The number of carbonyl (C=O) groups excluding carboxylic acids is 1. The summed E-state index contributed by atoms with van der Waals surface area (Å²) in [5, 5.41) is 7.16. The maximum Gasteiger partial charge on any atom is 0.319 e. The van der Waals surface area contributed by atoms with Gasteiger partial charge in [-0.25, -0.2) is 4.79 Å². The highest BCUT2D eigenvalue weighted by molar-refractivity contribution is 5.90. The molecule has 0 aliphatic rings. The molecule has 0 aliphatic heterocycles. The fraction of sp³-hybridized carbons (Fsp3) is 0.222. The molecule has 0 spiro atoms. The Bertz CT molecular complexity index is 1280. The Kier molecular flexibility index (Phi) is 6.54. The predicted octanol–water partition coefficient (Wildman–Crippen LogP) is 5.76. The van der Waals surface area contributed by atoms with Gasteiger partial charge in [-0.1, -0.05) is 36.4 Å². The Hall–Kier alpha value is -3.93. The summed E-state index contributed by atoms with van der Waals surface area (Å²) in [5.74, 6) is 1.23. The smallest absolute Gasteiger partial charge is 0.319 e.